The number of benzene rings is 1. The minimum absolute atomic E-state index is 0.0836. The van der Waals surface area contributed by atoms with Crippen LogP contribution in [0.3, 0.4) is 0 Å². The Morgan fingerprint density at radius 1 is 1.12 bits per heavy atom. The molecule has 0 bridgehead atoms. The van der Waals surface area contributed by atoms with Gasteiger partial charge in [0.05, 0.1) is 5.38 Å². The number of hydrogen-bond donors (Lipinski definition) is 0. The third-order valence-electron chi connectivity index (χ3n) is 4.68. The minimum atomic E-state index is -0.565. The van der Waals surface area contributed by atoms with Crippen LogP contribution in [0.4, 0.5) is 8.78 Å². The fraction of sp³-hybridized carbons (Fsp3) is 0.571. The van der Waals surface area contributed by atoms with Gasteiger partial charge in [-0.2, -0.15) is 0 Å². The summed E-state index contributed by atoms with van der Waals surface area (Å²) in [4.78, 5) is 0. The molecule has 0 aliphatic heterocycles. The van der Waals surface area contributed by atoms with Crippen molar-refractivity contribution in [2.75, 3.05) is 0 Å². The molecule has 0 saturated heterocycles. The summed E-state index contributed by atoms with van der Waals surface area (Å²) < 4.78 is 26.5. The molecule has 2 rings (SSSR count). The fourth-order valence-electron chi connectivity index (χ4n) is 2.88. The van der Waals surface area contributed by atoms with Gasteiger partial charge in [-0.1, -0.05) is 33.8 Å². The zero-order chi connectivity index (χ0) is 13.0. The first-order chi connectivity index (χ1) is 7.69. The zero-order valence-corrected chi connectivity index (χ0v) is 11.3. The van der Waals surface area contributed by atoms with Crippen LogP contribution in [-0.4, -0.2) is 0 Å². The van der Waals surface area contributed by atoms with E-state index >= 15 is 0 Å². The van der Waals surface area contributed by atoms with Gasteiger partial charge in [0.2, 0.25) is 0 Å². The van der Waals surface area contributed by atoms with E-state index in [0.717, 1.165) is 6.07 Å². The summed E-state index contributed by atoms with van der Waals surface area (Å²) in [5.41, 5.74) is 0.567. The molecule has 0 radical (unpaired) electrons. The molecule has 0 spiro atoms. The Kier molecular flexibility index (Phi) is 2.77. The Balaban J connectivity index is 2.31. The second-order valence-corrected chi connectivity index (χ2v) is 6.46. The maximum atomic E-state index is 13.7. The summed E-state index contributed by atoms with van der Waals surface area (Å²) in [6.07, 6.45) is 0. The Bertz CT molecular complexity index is 438. The lowest BCUT2D eigenvalue weighted by molar-refractivity contribution is 0.457. The maximum Gasteiger partial charge on any atom is 0.130 e. The van der Waals surface area contributed by atoms with E-state index in [1.165, 1.54) is 12.1 Å². The lowest BCUT2D eigenvalue weighted by Crippen LogP contribution is -2.02. The highest BCUT2D eigenvalue weighted by Crippen LogP contribution is 2.73. The van der Waals surface area contributed by atoms with Crippen LogP contribution in [0, 0.1) is 28.4 Å². The van der Waals surface area contributed by atoms with E-state index < -0.39 is 17.0 Å². The van der Waals surface area contributed by atoms with Gasteiger partial charge in [0, 0.05) is 11.6 Å². The molecular formula is C14H17ClF2. The predicted octanol–water partition coefficient (Wildman–Crippen LogP) is 4.93. The number of rotatable bonds is 2. The highest BCUT2D eigenvalue weighted by Gasteiger charge is 2.67. The Hall–Kier alpha value is -0.630. The summed E-state index contributed by atoms with van der Waals surface area (Å²) in [6.45, 7) is 8.53. The molecule has 0 heterocycles. The molecule has 0 amide bonds. The van der Waals surface area contributed by atoms with Gasteiger partial charge in [0.25, 0.3) is 0 Å². The van der Waals surface area contributed by atoms with Gasteiger partial charge >= 0.3 is 0 Å². The molecule has 3 heteroatoms. The predicted molar refractivity (Wildman–Crippen MR) is 66.0 cm³/mol. The van der Waals surface area contributed by atoms with Crippen LogP contribution in [0.5, 0.6) is 0 Å². The molecular weight excluding hydrogens is 242 g/mol. The Morgan fingerprint density at radius 3 is 2.06 bits per heavy atom. The van der Waals surface area contributed by atoms with Crippen molar-refractivity contribution in [3.63, 3.8) is 0 Å². The molecule has 0 aromatic heterocycles. The van der Waals surface area contributed by atoms with Crippen LogP contribution in [0.1, 0.15) is 38.6 Å². The summed E-state index contributed by atoms with van der Waals surface area (Å²) in [7, 11) is 0. The van der Waals surface area contributed by atoms with Gasteiger partial charge in [-0.15, -0.1) is 11.6 Å². The average Bonchev–Trinajstić information content (AvgIpc) is 2.56. The SMILES string of the molecule is CC1(C)C(C(Cl)c2ccc(F)cc2F)C1(C)C. The van der Waals surface area contributed by atoms with Gasteiger partial charge in [0.1, 0.15) is 11.6 Å². The molecule has 1 saturated carbocycles. The van der Waals surface area contributed by atoms with Crippen LogP contribution in [-0.2, 0) is 0 Å². The Morgan fingerprint density at radius 2 is 1.65 bits per heavy atom. The monoisotopic (exact) mass is 258 g/mol. The van der Waals surface area contributed by atoms with E-state index in [1.807, 2.05) is 0 Å². The minimum Gasteiger partial charge on any atom is -0.207 e. The van der Waals surface area contributed by atoms with Crippen molar-refractivity contribution in [1.29, 1.82) is 0 Å². The molecule has 1 aliphatic rings. The first-order valence-electron chi connectivity index (χ1n) is 5.78. The molecule has 1 aromatic rings. The highest BCUT2D eigenvalue weighted by molar-refractivity contribution is 6.21. The Labute approximate surface area is 106 Å². The molecule has 17 heavy (non-hydrogen) atoms. The van der Waals surface area contributed by atoms with E-state index in [1.54, 1.807) is 0 Å². The quantitative estimate of drug-likeness (QED) is 0.660. The van der Waals surface area contributed by atoms with Gasteiger partial charge in [-0.3, -0.25) is 0 Å². The maximum absolute atomic E-state index is 13.7. The normalized spacial score (nSPS) is 23.5. The molecule has 0 N–H and O–H groups in total. The molecule has 1 fully saturated rings. The van der Waals surface area contributed by atoms with Crippen LogP contribution >= 0.6 is 11.6 Å². The van der Waals surface area contributed by atoms with E-state index in [2.05, 4.69) is 27.7 Å². The third kappa shape index (κ3) is 1.77. The van der Waals surface area contributed by atoms with E-state index in [4.69, 9.17) is 11.6 Å². The van der Waals surface area contributed by atoms with Crippen molar-refractivity contribution in [2.45, 2.75) is 33.1 Å². The fourth-order valence-corrected chi connectivity index (χ4v) is 3.69. The van der Waals surface area contributed by atoms with Crippen molar-refractivity contribution in [1.82, 2.24) is 0 Å². The van der Waals surface area contributed by atoms with E-state index in [9.17, 15) is 8.78 Å². The number of halogens is 3. The summed E-state index contributed by atoms with van der Waals surface area (Å²) in [5.74, 6) is -0.912. The first-order valence-corrected chi connectivity index (χ1v) is 6.22. The van der Waals surface area contributed by atoms with Gasteiger partial charge in [-0.05, 0) is 22.8 Å². The standard InChI is InChI=1S/C14H17ClF2/c1-13(2)12(14(13,3)4)11(15)9-6-5-8(16)7-10(9)17/h5-7,11-12H,1-4H3. The lowest BCUT2D eigenvalue weighted by Gasteiger charge is -2.13. The van der Waals surface area contributed by atoms with E-state index in [0.29, 0.717) is 5.56 Å². The smallest absolute Gasteiger partial charge is 0.130 e. The summed E-state index contributed by atoms with van der Waals surface area (Å²) in [6, 6.07) is 3.61. The molecule has 1 aromatic carbocycles. The van der Waals surface area contributed by atoms with Crippen molar-refractivity contribution in [3.8, 4) is 0 Å². The largest absolute Gasteiger partial charge is 0.207 e. The van der Waals surface area contributed by atoms with Crippen molar-refractivity contribution in [2.24, 2.45) is 16.7 Å². The number of alkyl halides is 1. The molecule has 1 aliphatic carbocycles. The summed E-state index contributed by atoms with van der Waals surface area (Å²) in [5, 5.41) is -0.402. The topological polar surface area (TPSA) is 0 Å². The van der Waals surface area contributed by atoms with Crippen LogP contribution in [0.2, 0.25) is 0 Å². The van der Waals surface area contributed by atoms with E-state index in [-0.39, 0.29) is 16.7 Å². The van der Waals surface area contributed by atoms with Crippen LogP contribution < -0.4 is 0 Å². The average molecular weight is 259 g/mol. The zero-order valence-electron chi connectivity index (χ0n) is 10.5. The number of hydrogen-bond acceptors (Lipinski definition) is 0. The van der Waals surface area contributed by atoms with Crippen molar-refractivity contribution >= 4 is 11.6 Å². The highest BCUT2D eigenvalue weighted by atomic mass is 35.5. The molecule has 1 unspecified atom stereocenters. The van der Waals surface area contributed by atoms with Crippen LogP contribution in [0.15, 0.2) is 18.2 Å². The van der Waals surface area contributed by atoms with Gasteiger partial charge < -0.3 is 0 Å². The molecule has 94 valence electrons. The summed E-state index contributed by atoms with van der Waals surface area (Å²) >= 11 is 6.37. The molecule has 1 atom stereocenters. The van der Waals surface area contributed by atoms with Gasteiger partial charge in [0.15, 0.2) is 0 Å². The third-order valence-corrected chi connectivity index (χ3v) is 5.17. The lowest BCUT2D eigenvalue weighted by atomic mass is 10.0. The second-order valence-electron chi connectivity index (χ2n) is 5.99. The second kappa shape index (κ2) is 3.68. The van der Waals surface area contributed by atoms with Crippen molar-refractivity contribution < 1.29 is 8.78 Å². The first kappa shape index (κ1) is 12.8. The van der Waals surface area contributed by atoms with Gasteiger partial charge in [-0.25, -0.2) is 8.78 Å². The van der Waals surface area contributed by atoms with Crippen molar-refractivity contribution in [3.05, 3.63) is 35.4 Å². The van der Waals surface area contributed by atoms with Crippen LogP contribution in [0.25, 0.3) is 0 Å². The molecule has 0 nitrogen and oxygen atoms in total.